The maximum Gasteiger partial charge on any atom is 0.322 e. The van der Waals surface area contributed by atoms with E-state index in [0.717, 1.165) is 24.8 Å². The van der Waals surface area contributed by atoms with Crippen LogP contribution in [0.2, 0.25) is 0 Å². The molecule has 0 aliphatic carbocycles. The molecule has 0 saturated carbocycles. The first kappa shape index (κ1) is 22.5. The smallest absolute Gasteiger partial charge is 0.322 e. The molecular weight excluding hydrogens is 426 g/mol. The predicted molar refractivity (Wildman–Crippen MR) is 119 cm³/mol. The third-order valence-electron chi connectivity index (χ3n) is 6.58. The number of urea groups is 1. The Morgan fingerprint density at radius 2 is 1.76 bits per heavy atom. The van der Waals surface area contributed by atoms with Crippen LogP contribution in [0, 0.1) is 5.41 Å². The van der Waals surface area contributed by atoms with Crippen LogP contribution in [0.3, 0.4) is 0 Å². The lowest BCUT2D eigenvalue weighted by Crippen LogP contribution is -2.58. The lowest BCUT2D eigenvalue weighted by Gasteiger charge is -2.40. The number of primary amides is 1. The first-order valence-electron chi connectivity index (χ1n) is 11.0. The molecule has 3 saturated heterocycles. The summed E-state index contributed by atoms with van der Waals surface area (Å²) < 4.78 is 0. The van der Waals surface area contributed by atoms with Gasteiger partial charge in [-0.05, 0) is 43.0 Å². The summed E-state index contributed by atoms with van der Waals surface area (Å²) in [5.41, 5.74) is 6.26. The van der Waals surface area contributed by atoms with Crippen molar-refractivity contribution in [3.8, 4) is 0 Å². The van der Waals surface area contributed by atoms with Crippen molar-refractivity contribution in [1.29, 1.82) is 0 Å². The number of rotatable bonds is 4. The summed E-state index contributed by atoms with van der Waals surface area (Å²) in [7, 11) is 0. The van der Waals surface area contributed by atoms with Crippen LogP contribution in [0.15, 0.2) is 30.3 Å². The SMILES string of the molecule is NC(=O)c1ccc(/C=C/C(=O)N2CCCC3(CCN(C(=O)[C@@H]4CC(=O)NC(=O)N4)C3)C2)cc1. The van der Waals surface area contributed by atoms with Gasteiger partial charge >= 0.3 is 6.03 Å². The number of carbonyl (C=O) groups excluding carboxylic acids is 5. The van der Waals surface area contributed by atoms with Gasteiger partial charge in [0, 0.05) is 43.2 Å². The van der Waals surface area contributed by atoms with E-state index >= 15 is 0 Å². The zero-order chi connectivity index (χ0) is 23.6. The second-order valence-corrected chi connectivity index (χ2v) is 8.97. The molecule has 33 heavy (non-hydrogen) atoms. The van der Waals surface area contributed by atoms with Gasteiger partial charge in [-0.15, -0.1) is 0 Å². The summed E-state index contributed by atoms with van der Waals surface area (Å²) >= 11 is 0. The van der Waals surface area contributed by atoms with E-state index in [0.29, 0.717) is 31.7 Å². The molecule has 3 fully saturated rings. The molecule has 10 heteroatoms. The summed E-state index contributed by atoms with van der Waals surface area (Å²) in [6.07, 6.45) is 5.69. The number of likely N-dealkylation sites (tertiary alicyclic amines) is 2. The molecule has 10 nitrogen and oxygen atoms in total. The number of amides is 6. The highest BCUT2D eigenvalue weighted by Gasteiger charge is 2.45. The van der Waals surface area contributed by atoms with Crippen LogP contribution in [-0.4, -0.2) is 71.7 Å². The average molecular weight is 453 g/mol. The summed E-state index contributed by atoms with van der Waals surface area (Å²) in [6.45, 7) is 2.25. The molecular formula is C23H27N5O5. The van der Waals surface area contributed by atoms with E-state index in [-0.39, 0.29) is 23.7 Å². The highest BCUT2D eigenvalue weighted by Crippen LogP contribution is 2.39. The van der Waals surface area contributed by atoms with Crippen LogP contribution in [0.25, 0.3) is 6.08 Å². The lowest BCUT2D eigenvalue weighted by atomic mass is 9.79. The Morgan fingerprint density at radius 3 is 2.45 bits per heavy atom. The summed E-state index contributed by atoms with van der Waals surface area (Å²) in [4.78, 5) is 63.5. The molecule has 174 valence electrons. The molecule has 0 bridgehead atoms. The highest BCUT2D eigenvalue weighted by molar-refractivity contribution is 6.02. The van der Waals surface area contributed by atoms with Gasteiger partial charge in [-0.3, -0.25) is 24.5 Å². The van der Waals surface area contributed by atoms with Crippen molar-refractivity contribution in [2.45, 2.75) is 31.7 Å². The minimum atomic E-state index is -0.841. The molecule has 0 radical (unpaired) electrons. The minimum Gasteiger partial charge on any atom is -0.366 e. The van der Waals surface area contributed by atoms with E-state index in [1.807, 2.05) is 4.90 Å². The fourth-order valence-electron chi connectivity index (χ4n) is 4.86. The molecule has 2 atom stereocenters. The normalized spacial score (nSPS) is 25.3. The predicted octanol–water partition coefficient (Wildman–Crippen LogP) is 0.238. The van der Waals surface area contributed by atoms with Crippen molar-refractivity contribution in [3.63, 3.8) is 0 Å². The van der Waals surface area contributed by atoms with Crippen LogP contribution < -0.4 is 16.4 Å². The molecule has 6 amide bonds. The largest absolute Gasteiger partial charge is 0.366 e. The van der Waals surface area contributed by atoms with E-state index in [9.17, 15) is 24.0 Å². The summed E-state index contributed by atoms with van der Waals surface area (Å²) in [6, 6.07) is 5.20. The Bertz CT molecular complexity index is 1000. The van der Waals surface area contributed by atoms with Gasteiger partial charge in [-0.1, -0.05) is 12.1 Å². The Kier molecular flexibility index (Phi) is 6.17. The fraction of sp³-hybridized carbons (Fsp3) is 0.435. The Hall–Kier alpha value is -3.69. The second kappa shape index (κ2) is 9.05. The molecule has 3 aliphatic rings. The van der Waals surface area contributed by atoms with Gasteiger partial charge in [-0.25, -0.2) is 4.79 Å². The molecule has 1 unspecified atom stereocenters. The van der Waals surface area contributed by atoms with Gasteiger partial charge in [0.25, 0.3) is 0 Å². The number of carbonyl (C=O) groups is 5. The third-order valence-corrected chi connectivity index (χ3v) is 6.58. The number of imide groups is 1. The van der Waals surface area contributed by atoms with E-state index in [2.05, 4.69) is 10.6 Å². The highest BCUT2D eigenvalue weighted by atomic mass is 16.2. The molecule has 1 spiro atoms. The quantitative estimate of drug-likeness (QED) is 0.560. The molecule has 1 aromatic carbocycles. The van der Waals surface area contributed by atoms with Gasteiger partial charge in [0.2, 0.25) is 23.6 Å². The number of hydrogen-bond donors (Lipinski definition) is 3. The molecule has 4 N–H and O–H groups in total. The Morgan fingerprint density at radius 1 is 1.03 bits per heavy atom. The molecule has 3 heterocycles. The molecule has 4 rings (SSSR count). The second-order valence-electron chi connectivity index (χ2n) is 8.97. The van der Waals surface area contributed by atoms with Crippen molar-refractivity contribution in [2.75, 3.05) is 26.2 Å². The van der Waals surface area contributed by atoms with Gasteiger partial charge in [0.1, 0.15) is 6.04 Å². The Balaban J connectivity index is 1.36. The fourth-order valence-corrected chi connectivity index (χ4v) is 4.86. The van der Waals surface area contributed by atoms with Crippen LogP contribution in [0.1, 0.15) is 41.6 Å². The number of nitrogens with two attached hydrogens (primary N) is 1. The maximum absolute atomic E-state index is 12.9. The number of piperidine rings is 1. The van der Waals surface area contributed by atoms with Crippen molar-refractivity contribution in [1.82, 2.24) is 20.4 Å². The van der Waals surface area contributed by atoms with Crippen molar-refractivity contribution in [3.05, 3.63) is 41.5 Å². The number of benzene rings is 1. The maximum atomic E-state index is 12.9. The third kappa shape index (κ3) is 5.05. The van der Waals surface area contributed by atoms with Crippen LogP contribution >= 0.6 is 0 Å². The van der Waals surface area contributed by atoms with Crippen LogP contribution in [0.4, 0.5) is 4.79 Å². The van der Waals surface area contributed by atoms with Gasteiger partial charge in [0.15, 0.2) is 0 Å². The lowest BCUT2D eigenvalue weighted by molar-refractivity contribution is -0.136. The van der Waals surface area contributed by atoms with Crippen molar-refractivity contribution in [2.24, 2.45) is 11.1 Å². The summed E-state index contributed by atoms with van der Waals surface area (Å²) in [5.74, 6) is -1.32. The molecule has 1 aromatic rings. The minimum absolute atomic E-state index is 0.0656. The average Bonchev–Trinajstić information content (AvgIpc) is 3.19. The van der Waals surface area contributed by atoms with Crippen LogP contribution in [0.5, 0.6) is 0 Å². The van der Waals surface area contributed by atoms with Gasteiger partial charge < -0.3 is 20.9 Å². The zero-order valence-corrected chi connectivity index (χ0v) is 18.2. The number of nitrogens with one attached hydrogen (secondary N) is 2. The summed E-state index contributed by atoms with van der Waals surface area (Å²) in [5, 5.41) is 4.65. The van der Waals surface area contributed by atoms with E-state index < -0.39 is 23.9 Å². The van der Waals surface area contributed by atoms with E-state index in [1.165, 1.54) is 6.08 Å². The van der Waals surface area contributed by atoms with Gasteiger partial charge in [-0.2, -0.15) is 0 Å². The molecule has 0 aromatic heterocycles. The van der Waals surface area contributed by atoms with E-state index in [4.69, 9.17) is 5.73 Å². The monoisotopic (exact) mass is 453 g/mol. The molecule has 3 aliphatic heterocycles. The first-order valence-corrected chi connectivity index (χ1v) is 11.0. The van der Waals surface area contributed by atoms with Crippen molar-refractivity contribution >= 4 is 35.7 Å². The number of nitrogens with zero attached hydrogens (tertiary/aromatic N) is 2. The van der Waals surface area contributed by atoms with E-state index in [1.54, 1.807) is 35.2 Å². The standard InChI is InChI=1S/C23H27N5O5/c24-20(31)16-5-2-15(3-6-16)4-7-19(30)27-10-1-8-23(13-27)9-11-28(14-23)21(32)17-12-18(29)26-22(33)25-17/h2-7,17H,1,8-14H2,(H2,24,31)(H2,25,26,29,33)/b7-4+/t17-,23?/m0/s1. The Labute approximate surface area is 191 Å². The van der Waals surface area contributed by atoms with Crippen LogP contribution in [-0.2, 0) is 14.4 Å². The first-order chi connectivity index (χ1) is 15.7. The van der Waals surface area contributed by atoms with Crippen molar-refractivity contribution < 1.29 is 24.0 Å². The topological polar surface area (TPSA) is 142 Å². The number of hydrogen-bond acceptors (Lipinski definition) is 5. The van der Waals surface area contributed by atoms with Gasteiger partial charge in [0.05, 0.1) is 6.42 Å². The zero-order valence-electron chi connectivity index (χ0n) is 18.2.